The molecule has 0 aliphatic carbocycles. The van der Waals surface area contributed by atoms with E-state index in [4.69, 9.17) is 16.3 Å². The van der Waals surface area contributed by atoms with Gasteiger partial charge in [0, 0.05) is 31.9 Å². The standard InChI is InChI=1S/C22H30ClN5O3/c1-3-19(20(24-2)22(30)26-15-6-8-25-9-7-15)27-21(29)17-5-4-16(14-18(17)23)28-10-12-31-13-11-28/h3-5,14-15,25H,6-13H2,1-2H3,(H,26,30)(H,27,29)/b19-3+,24-20?. The molecular formula is C22H30ClN5O3. The lowest BCUT2D eigenvalue weighted by Gasteiger charge is -2.29. The number of amides is 2. The minimum Gasteiger partial charge on any atom is -0.378 e. The van der Waals surface area contributed by atoms with Gasteiger partial charge in [0.25, 0.3) is 11.8 Å². The molecule has 0 unspecified atom stereocenters. The Kier molecular flexibility index (Phi) is 8.45. The summed E-state index contributed by atoms with van der Waals surface area (Å²) >= 11 is 6.42. The number of nitrogens with one attached hydrogen (secondary N) is 3. The SMILES string of the molecule is C/C=C(/NC(=O)c1ccc(N2CCOCC2)cc1Cl)C(=NC)C(=O)NC1CCNCC1. The van der Waals surface area contributed by atoms with Crippen LogP contribution in [0.1, 0.15) is 30.1 Å². The average molecular weight is 448 g/mol. The molecule has 2 amide bonds. The summed E-state index contributed by atoms with van der Waals surface area (Å²) in [5, 5.41) is 9.42. The van der Waals surface area contributed by atoms with Crippen molar-refractivity contribution in [1.29, 1.82) is 0 Å². The Balaban J connectivity index is 1.67. The third-order valence-corrected chi connectivity index (χ3v) is 5.79. The van der Waals surface area contributed by atoms with Crippen LogP contribution in [0.4, 0.5) is 5.69 Å². The van der Waals surface area contributed by atoms with E-state index in [1.807, 2.05) is 6.07 Å². The molecule has 2 fully saturated rings. The zero-order valence-electron chi connectivity index (χ0n) is 18.0. The van der Waals surface area contributed by atoms with Crippen LogP contribution in [0.25, 0.3) is 0 Å². The van der Waals surface area contributed by atoms with Crippen molar-refractivity contribution in [2.45, 2.75) is 25.8 Å². The fourth-order valence-corrected chi connectivity index (χ4v) is 3.99. The summed E-state index contributed by atoms with van der Waals surface area (Å²) in [6.45, 7) is 6.40. The highest BCUT2D eigenvalue weighted by atomic mass is 35.5. The first-order chi connectivity index (χ1) is 15.0. The summed E-state index contributed by atoms with van der Waals surface area (Å²) < 4.78 is 5.38. The minimum atomic E-state index is -0.387. The van der Waals surface area contributed by atoms with Crippen molar-refractivity contribution in [1.82, 2.24) is 16.0 Å². The third kappa shape index (κ3) is 6.06. The van der Waals surface area contributed by atoms with Gasteiger partial charge < -0.3 is 25.6 Å². The van der Waals surface area contributed by atoms with Gasteiger partial charge >= 0.3 is 0 Å². The number of hydrogen-bond acceptors (Lipinski definition) is 6. The van der Waals surface area contributed by atoms with Gasteiger partial charge in [-0.05, 0) is 51.1 Å². The zero-order valence-corrected chi connectivity index (χ0v) is 18.8. The smallest absolute Gasteiger partial charge is 0.271 e. The highest BCUT2D eigenvalue weighted by Crippen LogP contribution is 2.24. The number of benzene rings is 1. The van der Waals surface area contributed by atoms with Crippen LogP contribution >= 0.6 is 11.6 Å². The molecule has 1 aromatic rings. The Hall–Kier alpha value is -2.42. The van der Waals surface area contributed by atoms with Crippen molar-refractivity contribution in [3.05, 3.63) is 40.6 Å². The number of hydrogen-bond donors (Lipinski definition) is 3. The zero-order chi connectivity index (χ0) is 22.2. The second-order valence-electron chi connectivity index (χ2n) is 7.49. The first-order valence-electron chi connectivity index (χ1n) is 10.6. The van der Waals surface area contributed by atoms with E-state index in [1.54, 1.807) is 25.1 Å². The van der Waals surface area contributed by atoms with Crippen LogP contribution in [0.2, 0.25) is 5.02 Å². The van der Waals surface area contributed by atoms with Crippen LogP contribution in [0, 0.1) is 0 Å². The molecule has 2 aliphatic rings. The molecule has 9 heteroatoms. The lowest BCUT2D eigenvalue weighted by molar-refractivity contribution is -0.115. The topological polar surface area (TPSA) is 95.1 Å². The number of halogens is 1. The van der Waals surface area contributed by atoms with Gasteiger partial charge in [0.05, 0.1) is 29.5 Å². The Bertz CT molecular complexity index is 859. The van der Waals surface area contributed by atoms with E-state index in [2.05, 4.69) is 25.8 Å². The van der Waals surface area contributed by atoms with Crippen molar-refractivity contribution in [2.24, 2.45) is 4.99 Å². The van der Waals surface area contributed by atoms with E-state index < -0.39 is 0 Å². The van der Waals surface area contributed by atoms with E-state index in [-0.39, 0.29) is 23.6 Å². The number of allylic oxidation sites excluding steroid dienone is 1. The molecule has 2 saturated heterocycles. The summed E-state index contributed by atoms with van der Waals surface area (Å²) in [7, 11) is 1.54. The number of piperidine rings is 1. The first-order valence-corrected chi connectivity index (χ1v) is 11.0. The molecule has 2 heterocycles. The normalized spacial score (nSPS) is 18.6. The number of ether oxygens (including phenoxy) is 1. The van der Waals surface area contributed by atoms with E-state index in [1.165, 1.54) is 7.05 Å². The number of morpholine rings is 1. The molecule has 0 spiro atoms. The van der Waals surface area contributed by atoms with Gasteiger partial charge in [0.15, 0.2) is 0 Å². The Morgan fingerprint density at radius 2 is 1.97 bits per heavy atom. The molecule has 0 radical (unpaired) electrons. The summed E-state index contributed by atoms with van der Waals surface area (Å²) in [5.74, 6) is -0.681. The van der Waals surface area contributed by atoms with E-state index in [0.29, 0.717) is 29.5 Å². The van der Waals surface area contributed by atoms with Crippen LogP contribution < -0.4 is 20.9 Å². The molecule has 1 aromatic carbocycles. The molecule has 3 rings (SSSR count). The predicted molar refractivity (Wildman–Crippen MR) is 123 cm³/mol. The Labute approximate surface area is 188 Å². The third-order valence-electron chi connectivity index (χ3n) is 5.48. The largest absolute Gasteiger partial charge is 0.378 e. The summed E-state index contributed by atoms with van der Waals surface area (Å²) in [4.78, 5) is 31.9. The van der Waals surface area contributed by atoms with Crippen LogP contribution in [0.15, 0.2) is 35.0 Å². The van der Waals surface area contributed by atoms with Gasteiger partial charge in [-0.25, -0.2) is 0 Å². The van der Waals surface area contributed by atoms with Gasteiger partial charge in [-0.2, -0.15) is 0 Å². The maximum atomic E-state index is 12.9. The fourth-order valence-electron chi connectivity index (χ4n) is 3.73. The number of carbonyl (C=O) groups excluding carboxylic acids is 2. The van der Waals surface area contributed by atoms with Gasteiger partial charge in [0.2, 0.25) is 0 Å². The van der Waals surface area contributed by atoms with Crippen molar-refractivity contribution < 1.29 is 14.3 Å². The Morgan fingerprint density at radius 1 is 1.26 bits per heavy atom. The molecule has 168 valence electrons. The molecule has 8 nitrogen and oxygen atoms in total. The molecule has 31 heavy (non-hydrogen) atoms. The Morgan fingerprint density at radius 3 is 2.58 bits per heavy atom. The van der Waals surface area contributed by atoms with Crippen molar-refractivity contribution in [3.63, 3.8) is 0 Å². The fraction of sp³-hybridized carbons (Fsp3) is 0.500. The van der Waals surface area contributed by atoms with Crippen molar-refractivity contribution in [3.8, 4) is 0 Å². The monoisotopic (exact) mass is 447 g/mol. The molecular weight excluding hydrogens is 418 g/mol. The highest BCUT2D eigenvalue weighted by molar-refractivity contribution is 6.45. The second kappa shape index (κ2) is 11.3. The number of carbonyl (C=O) groups is 2. The van der Waals surface area contributed by atoms with Gasteiger partial charge in [0.1, 0.15) is 5.71 Å². The first kappa shape index (κ1) is 23.2. The van der Waals surface area contributed by atoms with E-state index >= 15 is 0 Å². The summed E-state index contributed by atoms with van der Waals surface area (Å²) in [6, 6.07) is 5.46. The van der Waals surface area contributed by atoms with Crippen LogP contribution in [-0.4, -0.2) is 70.0 Å². The lowest BCUT2D eigenvalue weighted by atomic mass is 10.1. The lowest BCUT2D eigenvalue weighted by Crippen LogP contribution is -2.46. The van der Waals surface area contributed by atoms with Gasteiger partial charge in [-0.1, -0.05) is 17.7 Å². The number of nitrogens with zero attached hydrogens (tertiary/aromatic N) is 2. The maximum Gasteiger partial charge on any atom is 0.271 e. The average Bonchev–Trinajstić information content (AvgIpc) is 2.79. The molecule has 0 saturated carbocycles. The maximum absolute atomic E-state index is 12.9. The van der Waals surface area contributed by atoms with Crippen LogP contribution in [0.5, 0.6) is 0 Å². The second-order valence-corrected chi connectivity index (χ2v) is 7.90. The minimum absolute atomic E-state index is 0.0986. The van der Waals surface area contributed by atoms with Crippen LogP contribution in [0.3, 0.4) is 0 Å². The number of rotatable bonds is 6. The molecule has 0 atom stereocenters. The summed E-state index contributed by atoms with van der Waals surface area (Å²) in [6.07, 6.45) is 3.40. The van der Waals surface area contributed by atoms with Crippen molar-refractivity contribution >= 4 is 34.8 Å². The summed E-state index contributed by atoms with van der Waals surface area (Å²) in [5.41, 5.74) is 1.84. The number of anilines is 1. The number of aliphatic imine (C=N–C) groups is 1. The molecule has 0 bridgehead atoms. The van der Waals surface area contributed by atoms with Gasteiger partial charge in [-0.15, -0.1) is 0 Å². The van der Waals surface area contributed by atoms with E-state index in [0.717, 1.165) is 44.7 Å². The van der Waals surface area contributed by atoms with E-state index in [9.17, 15) is 9.59 Å². The van der Waals surface area contributed by atoms with Crippen molar-refractivity contribution in [2.75, 3.05) is 51.3 Å². The van der Waals surface area contributed by atoms with Crippen LogP contribution in [-0.2, 0) is 9.53 Å². The molecule has 3 N–H and O–H groups in total. The highest BCUT2D eigenvalue weighted by Gasteiger charge is 2.23. The molecule has 2 aliphatic heterocycles. The van der Waals surface area contributed by atoms with Gasteiger partial charge in [-0.3, -0.25) is 14.6 Å². The predicted octanol–water partition coefficient (Wildman–Crippen LogP) is 1.75. The quantitative estimate of drug-likeness (QED) is 0.577. The molecule has 0 aromatic heterocycles.